The number of halogens is 1. The average Bonchev–Trinajstić information content (AvgIpc) is 2.62. The SMILES string of the molecule is COc1ccc(CCC(=O)NCC(OC)c2ccccc2Cl)cc1. The molecule has 0 aromatic heterocycles. The van der Waals surface area contributed by atoms with Crippen LogP contribution in [0.15, 0.2) is 48.5 Å². The molecule has 0 radical (unpaired) electrons. The number of carbonyl (C=O) groups excluding carboxylic acids is 1. The van der Waals surface area contributed by atoms with E-state index in [0.717, 1.165) is 16.9 Å². The van der Waals surface area contributed by atoms with Crippen LogP contribution in [0, 0.1) is 0 Å². The van der Waals surface area contributed by atoms with Crippen LogP contribution < -0.4 is 10.1 Å². The maximum absolute atomic E-state index is 12.1. The van der Waals surface area contributed by atoms with Gasteiger partial charge in [-0.1, -0.05) is 41.9 Å². The highest BCUT2D eigenvalue weighted by Gasteiger charge is 2.14. The van der Waals surface area contributed by atoms with Crippen LogP contribution in [0.5, 0.6) is 5.75 Å². The van der Waals surface area contributed by atoms with Crippen molar-refractivity contribution in [3.8, 4) is 5.75 Å². The van der Waals surface area contributed by atoms with Gasteiger partial charge in [0.15, 0.2) is 0 Å². The molecular weight excluding hydrogens is 326 g/mol. The molecule has 0 fully saturated rings. The molecule has 5 heteroatoms. The fourth-order valence-electron chi connectivity index (χ4n) is 2.40. The van der Waals surface area contributed by atoms with E-state index in [9.17, 15) is 4.79 Å². The Morgan fingerprint density at radius 3 is 2.46 bits per heavy atom. The Hall–Kier alpha value is -2.04. The van der Waals surface area contributed by atoms with Crippen molar-refractivity contribution in [3.05, 3.63) is 64.7 Å². The molecule has 0 bridgehead atoms. The van der Waals surface area contributed by atoms with Crippen LogP contribution in [0.4, 0.5) is 0 Å². The summed E-state index contributed by atoms with van der Waals surface area (Å²) in [6, 6.07) is 15.2. The van der Waals surface area contributed by atoms with Crippen LogP contribution in [0.2, 0.25) is 5.02 Å². The molecule has 0 spiro atoms. The smallest absolute Gasteiger partial charge is 0.220 e. The van der Waals surface area contributed by atoms with E-state index >= 15 is 0 Å². The molecule has 0 heterocycles. The first kappa shape index (κ1) is 18.3. The third-order valence-electron chi connectivity index (χ3n) is 3.82. The highest BCUT2D eigenvalue weighted by atomic mass is 35.5. The molecule has 24 heavy (non-hydrogen) atoms. The van der Waals surface area contributed by atoms with Gasteiger partial charge in [0.05, 0.1) is 7.11 Å². The van der Waals surface area contributed by atoms with Crippen molar-refractivity contribution in [1.29, 1.82) is 0 Å². The zero-order chi connectivity index (χ0) is 17.4. The Kier molecular flexibility index (Phi) is 7.09. The number of ether oxygens (including phenoxy) is 2. The summed E-state index contributed by atoms with van der Waals surface area (Å²) in [7, 11) is 3.24. The Balaban J connectivity index is 1.82. The quantitative estimate of drug-likeness (QED) is 0.790. The number of carbonyl (C=O) groups is 1. The van der Waals surface area contributed by atoms with Crippen molar-refractivity contribution in [2.45, 2.75) is 18.9 Å². The predicted octanol–water partition coefficient (Wildman–Crippen LogP) is 3.79. The average molecular weight is 348 g/mol. The van der Waals surface area contributed by atoms with Gasteiger partial charge >= 0.3 is 0 Å². The first-order chi connectivity index (χ1) is 11.6. The van der Waals surface area contributed by atoms with E-state index in [1.54, 1.807) is 14.2 Å². The van der Waals surface area contributed by atoms with E-state index < -0.39 is 0 Å². The van der Waals surface area contributed by atoms with Gasteiger partial charge in [0.25, 0.3) is 0 Å². The van der Waals surface area contributed by atoms with Crippen LogP contribution in [-0.4, -0.2) is 26.7 Å². The molecule has 128 valence electrons. The van der Waals surface area contributed by atoms with Crippen LogP contribution >= 0.6 is 11.6 Å². The van der Waals surface area contributed by atoms with Crippen molar-refractivity contribution < 1.29 is 14.3 Å². The van der Waals surface area contributed by atoms with Gasteiger partial charge < -0.3 is 14.8 Å². The van der Waals surface area contributed by atoms with Crippen LogP contribution in [0.25, 0.3) is 0 Å². The number of rotatable bonds is 8. The molecule has 0 aliphatic rings. The number of methoxy groups -OCH3 is 2. The highest BCUT2D eigenvalue weighted by molar-refractivity contribution is 6.31. The lowest BCUT2D eigenvalue weighted by atomic mass is 10.1. The molecule has 0 aliphatic carbocycles. The van der Waals surface area contributed by atoms with Gasteiger partial charge in [-0.3, -0.25) is 4.79 Å². The zero-order valence-corrected chi connectivity index (χ0v) is 14.7. The summed E-state index contributed by atoms with van der Waals surface area (Å²) in [4.78, 5) is 12.1. The molecule has 4 nitrogen and oxygen atoms in total. The van der Waals surface area contributed by atoms with Crippen molar-refractivity contribution in [2.75, 3.05) is 20.8 Å². The summed E-state index contributed by atoms with van der Waals surface area (Å²) in [5.74, 6) is 0.797. The molecule has 0 aliphatic heterocycles. The molecule has 0 saturated carbocycles. The summed E-state index contributed by atoms with van der Waals surface area (Å²) < 4.78 is 10.6. The second-order valence-electron chi connectivity index (χ2n) is 5.40. The van der Waals surface area contributed by atoms with Crippen molar-refractivity contribution in [2.24, 2.45) is 0 Å². The summed E-state index contributed by atoms with van der Waals surface area (Å²) in [5, 5.41) is 3.54. The van der Waals surface area contributed by atoms with E-state index in [-0.39, 0.29) is 12.0 Å². The summed E-state index contributed by atoms with van der Waals surface area (Å²) in [6.07, 6.45) is 0.842. The molecule has 1 amide bonds. The second kappa shape index (κ2) is 9.30. The second-order valence-corrected chi connectivity index (χ2v) is 5.81. The third kappa shape index (κ3) is 5.25. The van der Waals surface area contributed by atoms with Crippen LogP contribution in [0.1, 0.15) is 23.7 Å². The lowest BCUT2D eigenvalue weighted by Crippen LogP contribution is -2.29. The Labute approximate surface area is 147 Å². The number of aryl methyl sites for hydroxylation is 1. The number of nitrogens with one attached hydrogen (secondary N) is 1. The van der Waals surface area contributed by atoms with Crippen molar-refractivity contribution in [3.63, 3.8) is 0 Å². The topological polar surface area (TPSA) is 47.6 Å². The lowest BCUT2D eigenvalue weighted by Gasteiger charge is -2.17. The molecule has 2 rings (SSSR count). The number of hydrogen-bond donors (Lipinski definition) is 1. The molecule has 1 unspecified atom stereocenters. The van der Waals surface area contributed by atoms with Gasteiger partial charge in [0.2, 0.25) is 5.91 Å². The monoisotopic (exact) mass is 347 g/mol. The fraction of sp³-hybridized carbons (Fsp3) is 0.316. The van der Waals surface area contributed by atoms with Crippen molar-refractivity contribution in [1.82, 2.24) is 5.32 Å². The molecule has 1 atom stereocenters. The van der Waals surface area contributed by atoms with Gasteiger partial charge in [-0.2, -0.15) is 0 Å². The number of benzene rings is 2. The normalized spacial score (nSPS) is 11.8. The summed E-state index contributed by atoms with van der Waals surface area (Å²) in [5.41, 5.74) is 1.97. The van der Waals surface area contributed by atoms with Gasteiger partial charge in [0.1, 0.15) is 11.9 Å². The summed E-state index contributed by atoms with van der Waals surface area (Å²) >= 11 is 6.18. The summed E-state index contributed by atoms with van der Waals surface area (Å²) in [6.45, 7) is 0.391. The highest BCUT2D eigenvalue weighted by Crippen LogP contribution is 2.24. The molecule has 2 aromatic rings. The Morgan fingerprint density at radius 1 is 1.12 bits per heavy atom. The lowest BCUT2D eigenvalue weighted by molar-refractivity contribution is -0.121. The van der Waals surface area contributed by atoms with E-state index in [4.69, 9.17) is 21.1 Å². The van der Waals surface area contributed by atoms with E-state index in [2.05, 4.69) is 5.32 Å². The zero-order valence-electron chi connectivity index (χ0n) is 13.9. The largest absolute Gasteiger partial charge is 0.497 e. The Bertz CT molecular complexity index is 658. The van der Waals surface area contributed by atoms with Gasteiger partial charge in [-0.25, -0.2) is 0 Å². The maximum Gasteiger partial charge on any atom is 0.220 e. The van der Waals surface area contributed by atoms with E-state index in [1.807, 2.05) is 48.5 Å². The van der Waals surface area contributed by atoms with Crippen LogP contribution in [0.3, 0.4) is 0 Å². The minimum atomic E-state index is -0.261. The van der Waals surface area contributed by atoms with Crippen molar-refractivity contribution >= 4 is 17.5 Å². The van der Waals surface area contributed by atoms with E-state index in [1.165, 1.54) is 0 Å². The standard InChI is InChI=1S/C19H22ClNO3/c1-23-15-10-7-14(8-11-15)9-12-19(22)21-13-18(24-2)16-5-3-4-6-17(16)20/h3-8,10-11,18H,9,12-13H2,1-2H3,(H,21,22). The predicted molar refractivity (Wildman–Crippen MR) is 95.5 cm³/mol. The van der Waals surface area contributed by atoms with Gasteiger partial charge in [-0.15, -0.1) is 0 Å². The fourth-order valence-corrected chi connectivity index (χ4v) is 2.66. The molecule has 1 N–H and O–H groups in total. The first-order valence-corrected chi connectivity index (χ1v) is 8.18. The molecular formula is C19H22ClNO3. The van der Waals surface area contributed by atoms with Gasteiger partial charge in [-0.05, 0) is 30.2 Å². The van der Waals surface area contributed by atoms with Crippen LogP contribution in [-0.2, 0) is 16.0 Å². The number of hydrogen-bond acceptors (Lipinski definition) is 3. The minimum absolute atomic E-state index is 0.0140. The maximum atomic E-state index is 12.1. The minimum Gasteiger partial charge on any atom is -0.497 e. The number of amides is 1. The van der Waals surface area contributed by atoms with E-state index in [0.29, 0.717) is 24.4 Å². The molecule has 2 aromatic carbocycles. The third-order valence-corrected chi connectivity index (χ3v) is 4.17. The Morgan fingerprint density at radius 2 is 1.83 bits per heavy atom. The van der Waals surface area contributed by atoms with Gasteiger partial charge in [0, 0.05) is 30.7 Å². The molecule has 0 saturated heterocycles. The first-order valence-electron chi connectivity index (χ1n) is 7.81.